The Bertz CT molecular complexity index is 369. The molecule has 1 aliphatic rings. The molecule has 1 saturated carbocycles. The summed E-state index contributed by atoms with van der Waals surface area (Å²) in [6, 6.07) is 0. The van der Waals surface area contributed by atoms with Crippen molar-refractivity contribution in [2.45, 2.75) is 64.7 Å². The Morgan fingerprint density at radius 3 is 2.29 bits per heavy atom. The lowest BCUT2D eigenvalue weighted by atomic mass is 9.88. The van der Waals surface area contributed by atoms with Crippen LogP contribution in [-0.4, -0.2) is 9.97 Å². The van der Waals surface area contributed by atoms with Crippen molar-refractivity contribution in [3.63, 3.8) is 0 Å². The van der Waals surface area contributed by atoms with Crippen molar-refractivity contribution in [2.24, 2.45) is 0 Å². The second-order valence-corrected chi connectivity index (χ2v) is 5.46. The predicted molar refractivity (Wildman–Crippen MR) is 71.1 cm³/mol. The van der Waals surface area contributed by atoms with Gasteiger partial charge in [0.05, 0.1) is 0 Å². The average Bonchev–Trinajstić information content (AvgIpc) is 2.28. The highest BCUT2D eigenvalue weighted by Gasteiger charge is 2.20. The third-order valence-corrected chi connectivity index (χ3v) is 3.73. The van der Waals surface area contributed by atoms with E-state index in [1.807, 2.05) is 0 Å². The van der Waals surface area contributed by atoms with E-state index in [2.05, 4.69) is 30.7 Å². The van der Waals surface area contributed by atoms with E-state index in [0.717, 1.165) is 17.1 Å². The number of nitrogens with two attached hydrogens (primary N) is 1. The van der Waals surface area contributed by atoms with Crippen LogP contribution in [0.15, 0.2) is 0 Å². The molecule has 0 unspecified atom stereocenters. The van der Waals surface area contributed by atoms with Crippen LogP contribution in [0.25, 0.3) is 0 Å². The maximum Gasteiger partial charge on any atom is 0.134 e. The van der Waals surface area contributed by atoms with E-state index in [1.165, 1.54) is 32.1 Å². The van der Waals surface area contributed by atoms with Gasteiger partial charge < -0.3 is 5.73 Å². The Morgan fingerprint density at radius 1 is 1.12 bits per heavy atom. The van der Waals surface area contributed by atoms with Crippen LogP contribution in [-0.2, 0) is 0 Å². The molecule has 2 N–H and O–H groups in total. The molecule has 3 heteroatoms. The van der Waals surface area contributed by atoms with Crippen LogP contribution in [0.1, 0.15) is 74.9 Å². The third kappa shape index (κ3) is 2.59. The molecule has 0 aliphatic heterocycles. The quantitative estimate of drug-likeness (QED) is 0.850. The zero-order valence-electron chi connectivity index (χ0n) is 11.2. The Labute approximate surface area is 104 Å². The van der Waals surface area contributed by atoms with Gasteiger partial charge in [0.2, 0.25) is 0 Å². The topological polar surface area (TPSA) is 51.8 Å². The first kappa shape index (κ1) is 12.3. The fraction of sp³-hybridized carbons (Fsp3) is 0.714. The Kier molecular flexibility index (Phi) is 3.65. The Hall–Kier alpha value is -1.12. The van der Waals surface area contributed by atoms with Crippen molar-refractivity contribution in [3.05, 3.63) is 17.1 Å². The number of aromatic nitrogens is 2. The minimum Gasteiger partial charge on any atom is -0.383 e. The molecule has 0 bridgehead atoms. The van der Waals surface area contributed by atoms with Crippen LogP contribution >= 0.6 is 0 Å². The van der Waals surface area contributed by atoms with E-state index in [9.17, 15) is 0 Å². The molecule has 1 heterocycles. The van der Waals surface area contributed by atoms with E-state index in [4.69, 9.17) is 5.73 Å². The molecule has 0 saturated heterocycles. The van der Waals surface area contributed by atoms with Gasteiger partial charge in [-0.15, -0.1) is 0 Å². The lowest BCUT2D eigenvalue weighted by molar-refractivity contribution is 0.428. The summed E-state index contributed by atoms with van der Waals surface area (Å²) in [5.41, 5.74) is 8.26. The highest BCUT2D eigenvalue weighted by molar-refractivity contribution is 5.44. The maximum absolute atomic E-state index is 6.08. The third-order valence-electron chi connectivity index (χ3n) is 3.73. The molecule has 1 aliphatic carbocycles. The standard InChI is InChI=1S/C14H23N3/c1-9(2)12-10(3)16-14(17-13(12)15)11-7-5-4-6-8-11/h9,11H,4-8H2,1-3H3,(H2,15,16,17). The van der Waals surface area contributed by atoms with Gasteiger partial charge in [0.1, 0.15) is 11.6 Å². The average molecular weight is 233 g/mol. The van der Waals surface area contributed by atoms with Crippen molar-refractivity contribution >= 4 is 5.82 Å². The monoisotopic (exact) mass is 233 g/mol. The highest BCUT2D eigenvalue weighted by atomic mass is 15.0. The molecule has 0 aromatic carbocycles. The van der Waals surface area contributed by atoms with Crippen LogP contribution in [0.5, 0.6) is 0 Å². The summed E-state index contributed by atoms with van der Waals surface area (Å²) in [5, 5.41) is 0. The second kappa shape index (κ2) is 5.03. The predicted octanol–water partition coefficient (Wildman–Crippen LogP) is 3.54. The molecule has 2 rings (SSSR count). The first-order valence-corrected chi connectivity index (χ1v) is 6.73. The van der Waals surface area contributed by atoms with Gasteiger partial charge in [-0.25, -0.2) is 9.97 Å². The van der Waals surface area contributed by atoms with Gasteiger partial charge >= 0.3 is 0 Å². The molecule has 17 heavy (non-hydrogen) atoms. The van der Waals surface area contributed by atoms with Crippen LogP contribution in [0.3, 0.4) is 0 Å². The normalized spacial score (nSPS) is 17.6. The molecule has 0 radical (unpaired) electrons. The number of nitrogen functional groups attached to an aromatic ring is 1. The zero-order chi connectivity index (χ0) is 12.4. The van der Waals surface area contributed by atoms with Crippen LogP contribution in [0.4, 0.5) is 5.82 Å². The summed E-state index contributed by atoms with van der Waals surface area (Å²) >= 11 is 0. The number of rotatable bonds is 2. The number of anilines is 1. The molecule has 0 spiro atoms. The van der Waals surface area contributed by atoms with E-state index >= 15 is 0 Å². The van der Waals surface area contributed by atoms with E-state index in [1.54, 1.807) is 0 Å². The minimum atomic E-state index is 0.399. The summed E-state index contributed by atoms with van der Waals surface area (Å²) in [7, 11) is 0. The van der Waals surface area contributed by atoms with Crippen LogP contribution < -0.4 is 5.73 Å². The Morgan fingerprint density at radius 2 is 1.76 bits per heavy atom. The van der Waals surface area contributed by atoms with E-state index < -0.39 is 0 Å². The smallest absolute Gasteiger partial charge is 0.134 e. The summed E-state index contributed by atoms with van der Waals surface area (Å²) in [6.45, 7) is 6.34. The molecule has 1 aromatic heterocycles. The van der Waals surface area contributed by atoms with E-state index in [-0.39, 0.29) is 0 Å². The van der Waals surface area contributed by atoms with E-state index in [0.29, 0.717) is 17.7 Å². The molecular formula is C14H23N3. The molecule has 0 atom stereocenters. The van der Waals surface area contributed by atoms with Crippen molar-refractivity contribution in [1.82, 2.24) is 9.97 Å². The van der Waals surface area contributed by atoms with Gasteiger partial charge in [0, 0.05) is 17.2 Å². The molecular weight excluding hydrogens is 210 g/mol. The fourth-order valence-electron chi connectivity index (χ4n) is 2.88. The first-order chi connectivity index (χ1) is 8.09. The SMILES string of the molecule is Cc1nc(C2CCCCC2)nc(N)c1C(C)C. The molecule has 1 fully saturated rings. The lowest BCUT2D eigenvalue weighted by Crippen LogP contribution is -2.13. The number of aryl methyl sites for hydroxylation is 1. The maximum atomic E-state index is 6.08. The molecule has 94 valence electrons. The van der Waals surface area contributed by atoms with Crippen molar-refractivity contribution in [3.8, 4) is 0 Å². The van der Waals surface area contributed by atoms with Gasteiger partial charge in [-0.1, -0.05) is 33.1 Å². The van der Waals surface area contributed by atoms with Gasteiger partial charge in [-0.05, 0) is 25.7 Å². The van der Waals surface area contributed by atoms with Crippen LogP contribution in [0, 0.1) is 6.92 Å². The summed E-state index contributed by atoms with van der Waals surface area (Å²) in [4.78, 5) is 9.23. The summed E-state index contributed by atoms with van der Waals surface area (Å²) < 4.78 is 0. The number of hydrogen-bond acceptors (Lipinski definition) is 3. The van der Waals surface area contributed by atoms with Gasteiger partial charge in [-0.2, -0.15) is 0 Å². The Balaban J connectivity index is 2.31. The number of hydrogen-bond donors (Lipinski definition) is 1. The summed E-state index contributed by atoms with van der Waals surface area (Å²) in [6.07, 6.45) is 6.41. The van der Waals surface area contributed by atoms with Crippen molar-refractivity contribution in [2.75, 3.05) is 5.73 Å². The largest absolute Gasteiger partial charge is 0.383 e. The molecule has 3 nitrogen and oxygen atoms in total. The van der Waals surface area contributed by atoms with Gasteiger partial charge in [-0.3, -0.25) is 0 Å². The first-order valence-electron chi connectivity index (χ1n) is 6.73. The van der Waals surface area contributed by atoms with Gasteiger partial charge in [0.15, 0.2) is 0 Å². The molecule has 0 amide bonds. The number of nitrogens with zero attached hydrogens (tertiary/aromatic N) is 2. The minimum absolute atomic E-state index is 0.399. The molecule has 1 aromatic rings. The highest BCUT2D eigenvalue weighted by Crippen LogP contribution is 2.32. The fourth-order valence-corrected chi connectivity index (χ4v) is 2.88. The van der Waals surface area contributed by atoms with Crippen molar-refractivity contribution in [1.29, 1.82) is 0 Å². The van der Waals surface area contributed by atoms with Crippen LogP contribution in [0.2, 0.25) is 0 Å². The summed E-state index contributed by atoms with van der Waals surface area (Å²) in [5.74, 6) is 2.60. The second-order valence-electron chi connectivity index (χ2n) is 5.46. The van der Waals surface area contributed by atoms with Crippen molar-refractivity contribution < 1.29 is 0 Å². The van der Waals surface area contributed by atoms with Gasteiger partial charge in [0.25, 0.3) is 0 Å². The zero-order valence-corrected chi connectivity index (χ0v) is 11.2. The lowest BCUT2D eigenvalue weighted by Gasteiger charge is -2.22.